The lowest BCUT2D eigenvalue weighted by molar-refractivity contribution is -0.122. The fraction of sp³-hybridized carbons (Fsp3) is 0.417. The summed E-state index contributed by atoms with van der Waals surface area (Å²) in [6, 6.07) is 9.49. The van der Waals surface area contributed by atoms with Gasteiger partial charge in [0.25, 0.3) is 0 Å². The van der Waals surface area contributed by atoms with Crippen LogP contribution in [0.15, 0.2) is 30.3 Å². The Morgan fingerprint density at radius 2 is 2.00 bits per heavy atom. The van der Waals surface area contributed by atoms with Gasteiger partial charge >= 0.3 is 0 Å². The molecular weight excluding hydrogens is 212 g/mol. The molecule has 0 saturated heterocycles. The van der Waals surface area contributed by atoms with E-state index in [-0.39, 0.29) is 11.9 Å². The zero-order chi connectivity index (χ0) is 10.7. The lowest BCUT2D eigenvalue weighted by Crippen LogP contribution is -2.37. The molecule has 1 aromatic rings. The molecule has 0 aliphatic heterocycles. The van der Waals surface area contributed by atoms with Gasteiger partial charge in [0.05, 0.1) is 0 Å². The molecule has 15 heavy (non-hydrogen) atoms. The third-order valence-electron chi connectivity index (χ3n) is 2.58. The minimum absolute atomic E-state index is 0.101. The summed E-state index contributed by atoms with van der Waals surface area (Å²) in [5.41, 5.74) is 0. The molecule has 2 rings (SSSR count). The second-order valence-corrected chi connectivity index (χ2v) is 4.20. The second-order valence-electron chi connectivity index (χ2n) is 3.73. The van der Waals surface area contributed by atoms with Gasteiger partial charge in [0.1, 0.15) is 17.2 Å². The van der Waals surface area contributed by atoms with Crippen LogP contribution in [0.1, 0.15) is 19.3 Å². The van der Waals surface area contributed by atoms with Crippen molar-refractivity contribution < 1.29 is 9.53 Å². The molecule has 1 aromatic carbocycles. The Balaban J connectivity index is 2.02. The van der Waals surface area contributed by atoms with E-state index < -0.39 is 5.38 Å². The first-order chi connectivity index (χ1) is 7.27. The third kappa shape index (κ3) is 2.51. The largest absolute Gasteiger partial charge is 0.488 e. The summed E-state index contributed by atoms with van der Waals surface area (Å²) in [6.45, 7) is 0. The molecule has 1 fully saturated rings. The number of para-hydroxylation sites is 1. The summed E-state index contributed by atoms with van der Waals surface area (Å²) in [5, 5.41) is -0.487. The number of benzene rings is 1. The smallest absolute Gasteiger partial charge is 0.154 e. The van der Waals surface area contributed by atoms with Crippen LogP contribution in [0.4, 0.5) is 0 Å². The fourth-order valence-corrected chi connectivity index (χ4v) is 2.05. The molecule has 0 radical (unpaired) electrons. The highest BCUT2D eigenvalue weighted by Gasteiger charge is 2.31. The van der Waals surface area contributed by atoms with Crippen molar-refractivity contribution in [3.8, 4) is 5.75 Å². The standard InChI is InChI=1S/C12H13ClO2/c13-12-10(14)7-4-8-11(12)15-9-5-2-1-3-6-9/h1-3,5-6,11-12H,4,7-8H2. The number of Topliss-reactive ketones (excluding diaryl/α,β-unsaturated/α-hetero) is 1. The van der Waals surface area contributed by atoms with Crippen molar-refractivity contribution in [2.75, 3.05) is 0 Å². The molecule has 1 aliphatic rings. The van der Waals surface area contributed by atoms with Gasteiger partial charge in [0, 0.05) is 6.42 Å². The highest BCUT2D eigenvalue weighted by molar-refractivity contribution is 6.31. The van der Waals surface area contributed by atoms with E-state index in [1.807, 2.05) is 30.3 Å². The Morgan fingerprint density at radius 1 is 1.27 bits per heavy atom. The van der Waals surface area contributed by atoms with Crippen molar-refractivity contribution in [1.82, 2.24) is 0 Å². The zero-order valence-electron chi connectivity index (χ0n) is 8.36. The van der Waals surface area contributed by atoms with E-state index in [9.17, 15) is 4.79 Å². The maximum Gasteiger partial charge on any atom is 0.154 e. The maximum absolute atomic E-state index is 11.4. The summed E-state index contributed by atoms with van der Waals surface area (Å²) in [6.07, 6.45) is 2.15. The quantitative estimate of drug-likeness (QED) is 0.723. The highest BCUT2D eigenvalue weighted by atomic mass is 35.5. The monoisotopic (exact) mass is 224 g/mol. The number of hydrogen-bond donors (Lipinski definition) is 0. The van der Waals surface area contributed by atoms with Crippen LogP contribution in [0.25, 0.3) is 0 Å². The first-order valence-electron chi connectivity index (χ1n) is 5.16. The number of carbonyl (C=O) groups is 1. The number of ketones is 1. The topological polar surface area (TPSA) is 26.3 Å². The van der Waals surface area contributed by atoms with Crippen molar-refractivity contribution in [1.29, 1.82) is 0 Å². The number of rotatable bonds is 2. The summed E-state index contributed by atoms with van der Waals surface area (Å²) in [7, 11) is 0. The van der Waals surface area contributed by atoms with Gasteiger partial charge in [-0.05, 0) is 25.0 Å². The summed E-state index contributed by atoms with van der Waals surface area (Å²) < 4.78 is 5.69. The van der Waals surface area contributed by atoms with Crippen molar-refractivity contribution in [2.45, 2.75) is 30.7 Å². The van der Waals surface area contributed by atoms with E-state index in [0.29, 0.717) is 6.42 Å². The Hall–Kier alpha value is -1.02. The van der Waals surface area contributed by atoms with Crippen LogP contribution in [0.5, 0.6) is 5.75 Å². The average molecular weight is 225 g/mol. The molecule has 0 amide bonds. The fourth-order valence-electron chi connectivity index (χ4n) is 1.76. The van der Waals surface area contributed by atoms with Gasteiger partial charge < -0.3 is 4.74 Å². The van der Waals surface area contributed by atoms with Crippen molar-refractivity contribution in [3.63, 3.8) is 0 Å². The molecule has 80 valence electrons. The Labute approximate surface area is 94.2 Å². The van der Waals surface area contributed by atoms with Crippen LogP contribution in [0.2, 0.25) is 0 Å². The first-order valence-corrected chi connectivity index (χ1v) is 5.59. The molecule has 0 aromatic heterocycles. The van der Waals surface area contributed by atoms with Crippen molar-refractivity contribution >= 4 is 17.4 Å². The van der Waals surface area contributed by atoms with E-state index in [4.69, 9.17) is 16.3 Å². The van der Waals surface area contributed by atoms with E-state index in [0.717, 1.165) is 18.6 Å². The lowest BCUT2D eigenvalue weighted by Gasteiger charge is -2.26. The highest BCUT2D eigenvalue weighted by Crippen LogP contribution is 2.25. The van der Waals surface area contributed by atoms with Gasteiger partial charge in [-0.2, -0.15) is 0 Å². The predicted molar refractivity (Wildman–Crippen MR) is 59.4 cm³/mol. The SMILES string of the molecule is O=C1CCCC(Oc2ccccc2)C1Cl. The molecule has 1 aliphatic carbocycles. The van der Waals surface area contributed by atoms with Crippen molar-refractivity contribution in [2.24, 2.45) is 0 Å². The third-order valence-corrected chi connectivity index (χ3v) is 3.10. The molecular formula is C12H13ClO2. The van der Waals surface area contributed by atoms with Gasteiger partial charge in [0.2, 0.25) is 0 Å². The Bertz CT molecular complexity index is 337. The van der Waals surface area contributed by atoms with Crippen LogP contribution < -0.4 is 4.74 Å². The van der Waals surface area contributed by atoms with Gasteiger partial charge in [-0.15, -0.1) is 11.6 Å². The molecule has 0 bridgehead atoms. The molecule has 0 N–H and O–H groups in total. The Morgan fingerprint density at radius 3 is 2.73 bits per heavy atom. The molecule has 2 nitrogen and oxygen atoms in total. The van der Waals surface area contributed by atoms with Gasteiger partial charge in [0.15, 0.2) is 5.78 Å². The predicted octanol–water partition coefficient (Wildman–Crippen LogP) is 2.79. The summed E-state index contributed by atoms with van der Waals surface area (Å²) in [5.74, 6) is 0.881. The number of carbonyl (C=O) groups excluding carboxylic acids is 1. The Kier molecular flexibility index (Phi) is 3.27. The molecule has 0 heterocycles. The van der Waals surface area contributed by atoms with Crippen LogP contribution in [0.3, 0.4) is 0 Å². The van der Waals surface area contributed by atoms with Crippen LogP contribution in [-0.2, 0) is 4.79 Å². The molecule has 0 spiro atoms. The molecule has 2 atom stereocenters. The van der Waals surface area contributed by atoms with Gasteiger partial charge in [-0.1, -0.05) is 18.2 Å². The van der Waals surface area contributed by atoms with Crippen LogP contribution >= 0.6 is 11.6 Å². The molecule has 1 saturated carbocycles. The summed E-state index contributed by atoms with van der Waals surface area (Å²) in [4.78, 5) is 11.4. The zero-order valence-corrected chi connectivity index (χ0v) is 9.11. The second kappa shape index (κ2) is 4.67. The van der Waals surface area contributed by atoms with Gasteiger partial charge in [-0.3, -0.25) is 4.79 Å². The molecule has 2 unspecified atom stereocenters. The van der Waals surface area contributed by atoms with E-state index in [1.165, 1.54) is 0 Å². The first kappa shape index (κ1) is 10.5. The minimum atomic E-state index is -0.487. The van der Waals surface area contributed by atoms with E-state index in [1.54, 1.807) is 0 Å². The van der Waals surface area contributed by atoms with E-state index >= 15 is 0 Å². The molecule has 3 heteroatoms. The van der Waals surface area contributed by atoms with Crippen LogP contribution in [0, 0.1) is 0 Å². The number of halogens is 1. The maximum atomic E-state index is 11.4. The van der Waals surface area contributed by atoms with Crippen molar-refractivity contribution in [3.05, 3.63) is 30.3 Å². The summed E-state index contributed by atoms with van der Waals surface area (Å²) >= 11 is 6.01. The van der Waals surface area contributed by atoms with Gasteiger partial charge in [-0.25, -0.2) is 0 Å². The minimum Gasteiger partial charge on any atom is -0.488 e. The van der Waals surface area contributed by atoms with Crippen LogP contribution in [-0.4, -0.2) is 17.3 Å². The van der Waals surface area contributed by atoms with E-state index in [2.05, 4.69) is 0 Å². The average Bonchev–Trinajstić information content (AvgIpc) is 2.26. The lowest BCUT2D eigenvalue weighted by atomic mass is 9.96. The number of alkyl halides is 1. The number of hydrogen-bond acceptors (Lipinski definition) is 2. The number of ether oxygens (including phenoxy) is 1. The normalized spacial score (nSPS) is 26.3.